The lowest BCUT2D eigenvalue weighted by Gasteiger charge is -2.17. The molecule has 1 fully saturated rings. The largest absolute Gasteiger partial charge is 0.480 e. The van der Waals surface area contributed by atoms with Crippen LogP contribution < -0.4 is 5.32 Å². The Hall–Kier alpha value is -1.88. The molecular formula is C14H17NO4. The molecule has 5 nitrogen and oxygen atoms in total. The molecule has 1 saturated heterocycles. The minimum Gasteiger partial charge on any atom is -0.480 e. The zero-order valence-electron chi connectivity index (χ0n) is 10.5. The highest BCUT2D eigenvalue weighted by molar-refractivity contribution is 5.96. The molecule has 102 valence electrons. The average Bonchev–Trinajstić information content (AvgIpc) is 2.91. The van der Waals surface area contributed by atoms with Crippen LogP contribution >= 0.6 is 0 Å². The second-order valence-electron chi connectivity index (χ2n) is 4.70. The third-order valence-electron chi connectivity index (χ3n) is 3.23. The number of carboxylic acids is 1. The lowest BCUT2D eigenvalue weighted by molar-refractivity contribution is -0.139. The molecule has 1 amide bonds. The van der Waals surface area contributed by atoms with Gasteiger partial charge in [-0.05, 0) is 30.9 Å². The van der Waals surface area contributed by atoms with Crippen molar-refractivity contribution in [2.45, 2.75) is 18.9 Å². The Morgan fingerprint density at radius 1 is 1.37 bits per heavy atom. The van der Waals surface area contributed by atoms with Crippen LogP contribution in [-0.2, 0) is 9.53 Å². The van der Waals surface area contributed by atoms with Gasteiger partial charge in [0.2, 0.25) is 0 Å². The molecule has 0 aromatic heterocycles. The lowest BCUT2D eigenvalue weighted by Crippen LogP contribution is -2.42. The van der Waals surface area contributed by atoms with Crippen molar-refractivity contribution in [1.82, 2.24) is 5.32 Å². The normalized spacial score (nSPS) is 19.9. The zero-order chi connectivity index (χ0) is 13.7. The standard InChI is InChI=1S/C14H17NO4/c16-13(11-4-2-1-3-5-11)15-12(14(17)18)8-10-6-7-19-9-10/h1-5,10,12H,6-9H2,(H,15,16)(H,17,18)/t10-,12+/m1/s1. The number of carbonyl (C=O) groups excluding carboxylic acids is 1. The molecule has 19 heavy (non-hydrogen) atoms. The zero-order valence-corrected chi connectivity index (χ0v) is 10.5. The summed E-state index contributed by atoms with van der Waals surface area (Å²) < 4.78 is 5.22. The Bertz CT molecular complexity index is 440. The number of aliphatic carboxylic acids is 1. The van der Waals surface area contributed by atoms with E-state index in [9.17, 15) is 14.7 Å². The number of amides is 1. The van der Waals surface area contributed by atoms with Gasteiger partial charge in [-0.2, -0.15) is 0 Å². The molecule has 0 spiro atoms. The summed E-state index contributed by atoms with van der Waals surface area (Å²) in [6, 6.07) is 7.76. The van der Waals surface area contributed by atoms with E-state index in [2.05, 4.69) is 5.32 Å². The lowest BCUT2D eigenvalue weighted by atomic mass is 9.99. The number of nitrogens with one attached hydrogen (secondary N) is 1. The molecule has 0 bridgehead atoms. The van der Waals surface area contributed by atoms with Gasteiger partial charge in [0.25, 0.3) is 5.91 Å². The predicted octanol–water partition coefficient (Wildman–Crippen LogP) is 1.30. The van der Waals surface area contributed by atoms with Crippen molar-refractivity contribution in [3.63, 3.8) is 0 Å². The van der Waals surface area contributed by atoms with E-state index >= 15 is 0 Å². The molecular weight excluding hydrogens is 246 g/mol. The second kappa shape index (κ2) is 6.33. The van der Waals surface area contributed by atoms with Gasteiger partial charge in [-0.1, -0.05) is 18.2 Å². The SMILES string of the molecule is O=C(N[C@@H](C[C@H]1CCOC1)C(=O)O)c1ccccc1. The van der Waals surface area contributed by atoms with Crippen LogP contribution in [0.4, 0.5) is 0 Å². The van der Waals surface area contributed by atoms with Gasteiger partial charge in [-0.15, -0.1) is 0 Å². The maximum atomic E-state index is 11.9. The first-order valence-electron chi connectivity index (χ1n) is 6.33. The highest BCUT2D eigenvalue weighted by atomic mass is 16.5. The van der Waals surface area contributed by atoms with Crippen molar-refractivity contribution in [3.8, 4) is 0 Å². The molecule has 2 N–H and O–H groups in total. The molecule has 0 aliphatic carbocycles. The number of hydrogen-bond donors (Lipinski definition) is 2. The molecule has 1 aromatic rings. The molecule has 0 unspecified atom stereocenters. The van der Waals surface area contributed by atoms with Gasteiger partial charge in [0.1, 0.15) is 6.04 Å². The van der Waals surface area contributed by atoms with Crippen molar-refractivity contribution < 1.29 is 19.4 Å². The molecule has 1 aromatic carbocycles. The molecule has 1 aliphatic rings. The summed E-state index contributed by atoms with van der Waals surface area (Å²) in [6.07, 6.45) is 1.26. The number of carbonyl (C=O) groups is 2. The summed E-state index contributed by atoms with van der Waals surface area (Å²) in [5.41, 5.74) is 0.469. The Balaban J connectivity index is 1.96. The summed E-state index contributed by atoms with van der Waals surface area (Å²) in [7, 11) is 0. The van der Waals surface area contributed by atoms with Crippen molar-refractivity contribution in [2.75, 3.05) is 13.2 Å². The molecule has 5 heteroatoms. The monoisotopic (exact) mass is 263 g/mol. The topological polar surface area (TPSA) is 75.6 Å². The fraction of sp³-hybridized carbons (Fsp3) is 0.429. The highest BCUT2D eigenvalue weighted by Gasteiger charge is 2.26. The van der Waals surface area contributed by atoms with Gasteiger partial charge in [0, 0.05) is 18.8 Å². The van der Waals surface area contributed by atoms with E-state index in [0.717, 1.165) is 6.42 Å². The van der Waals surface area contributed by atoms with Crippen LogP contribution in [0.25, 0.3) is 0 Å². The highest BCUT2D eigenvalue weighted by Crippen LogP contribution is 2.18. The number of hydrogen-bond acceptors (Lipinski definition) is 3. The first-order valence-corrected chi connectivity index (χ1v) is 6.33. The van der Waals surface area contributed by atoms with E-state index in [1.54, 1.807) is 30.3 Å². The number of benzene rings is 1. The number of carboxylic acid groups (broad SMARTS) is 1. The Morgan fingerprint density at radius 2 is 2.11 bits per heavy atom. The fourth-order valence-electron chi connectivity index (χ4n) is 2.16. The second-order valence-corrected chi connectivity index (χ2v) is 4.70. The summed E-state index contributed by atoms with van der Waals surface area (Å²) in [5, 5.41) is 11.7. The maximum Gasteiger partial charge on any atom is 0.326 e. The Labute approximate surface area is 111 Å². The summed E-state index contributed by atoms with van der Waals surface area (Å²) in [6.45, 7) is 1.24. The molecule has 1 heterocycles. The Kier molecular flexibility index (Phi) is 4.52. The molecule has 2 rings (SSSR count). The fourth-order valence-corrected chi connectivity index (χ4v) is 2.16. The minimum absolute atomic E-state index is 0.206. The van der Waals surface area contributed by atoms with Crippen molar-refractivity contribution >= 4 is 11.9 Å². The molecule has 0 radical (unpaired) electrons. The average molecular weight is 263 g/mol. The van der Waals surface area contributed by atoms with E-state index < -0.39 is 12.0 Å². The van der Waals surface area contributed by atoms with E-state index in [4.69, 9.17) is 4.74 Å². The third-order valence-corrected chi connectivity index (χ3v) is 3.23. The van der Waals surface area contributed by atoms with Crippen LogP contribution in [0, 0.1) is 5.92 Å². The molecule has 2 atom stereocenters. The molecule has 0 saturated carbocycles. The third kappa shape index (κ3) is 3.79. The van der Waals surface area contributed by atoms with Gasteiger partial charge in [0.15, 0.2) is 0 Å². The van der Waals surface area contributed by atoms with E-state index in [-0.39, 0.29) is 11.8 Å². The first kappa shape index (κ1) is 13.5. The minimum atomic E-state index is -1.00. The van der Waals surface area contributed by atoms with E-state index in [1.165, 1.54) is 0 Å². The smallest absolute Gasteiger partial charge is 0.326 e. The van der Waals surface area contributed by atoms with E-state index in [1.807, 2.05) is 0 Å². The van der Waals surface area contributed by atoms with Crippen LogP contribution in [0.1, 0.15) is 23.2 Å². The van der Waals surface area contributed by atoms with Crippen LogP contribution in [0.5, 0.6) is 0 Å². The summed E-state index contributed by atoms with van der Waals surface area (Å²) >= 11 is 0. The van der Waals surface area contributed by atoms with Gasteiger partial charge >= 0.3 is 5.97 Å². The van der Waals surface area contributed by atoms with Crippen LogP contribution in [0.15, 0.2) is 30.3 Å². The van der Waals surface area contributed by atoms with Gasteiger partial charge < -0.3 is 15.2 Å². The molecule has 1 aliphatic heterocycles. The number of rotatable bonds is 5. The predicted molar refractivity (Wildman–Crippen MR) is 68.9 cm³/mol. The van der Waals surface area contributed by atoms with Crippen LogP contribution in [0.3, 0.4) is 0 Å². The number of ether oxygens (including phenoxy) is 1. The van der Waals surface area contributed by atoms with Crippen LogP contribution in [-0.4, -0.2) is 36.2 Å². The quantitative estimate of drug-likeness (QED) is 0.839. The van der Waals surface area contributed by atoms with E-state index in [0.29, 0.717) is 25.2 Å². The van der Waals surface area contributed by atoms with Crippen molar-refractivity contribution in [2.24, 2.45) is 5.92 Å². The van der Waals surface area contributed by atoms with Crippen LogP contribution in [0.2, 0.25) is 0 Å². The van der Waals surface area contributed by atoms with Crippen molar-refractivity contribution in [1.29, 1.82) is 0 Å². The maximum absolute atomic E-state index is 11.9. The van der Waals surface area contributed by atoms with Crippen molar-refractivity contribution in [3.05, 3.63) is 35.9 Å². The summed E-state index contributed by atoms with van der Waals surface area (Å²) in [5.74, 6) is -1.15. The van der Waals surface area contributed by atoms with Gasteiger partial charge in [0.05, 0.1) is 0 Å². The summed E-state index contributed by atoms with van der Waals surface area (Å²) in [4.78, 5) is 23.1. The van der Waals surface area contributed by atoms with Gasteiger partial charge in [-0.25, -0.2) is 4.79 Å². The Morgan fingerprint density at radius 3 is 2.68 bits per heavy atom. The first-order chi connectivity index (χ1) is 9.16. The van der Waals surface area contributed by atoms with Gasteiger partial charge in [-0.3, -0.25) is 4.79 Å².